The standard InChI is InChI=1S/C25H32N6O4/c1-15-24(17(3)35-30-15)21-11-23(31-9-8-27-22(13-31)16(2)32)29-25(28-21)18-6-5-7-20(10-18)34-14-19(33)12-26-4/h5-7,10-11,19,22,26-27,32-33H,2,8-9,12-14H2,1,3-4H3. The SMILES string of the molecule is C=C(O)C1CN(c2cc(-c3c(C)noc3C)nc(-c3cccc(OCC(O)CNC)c3)n2)CCN1. The van der Waals surface area contributed by atoms with Gasteiger partial charge in [-0.3, -0.25) is 0 Å². The van der Waals surface area contributed by atoms with E-state index < -0.39 is 6.10 Å². The molecule has 1 aromatic carbocycles. The van der Waals surface area contributed by atoms with Gasteiger partial charge < -0.3 is 35.0 Å². The van der Waals surface area contributed by atoms with Crippen molar-refractivity contribution >= 4 is 5.82 Å². The van der Waals surface area contributed by atoms with E-state index in [-0.39, 0.29) is 18.4 Å². The zero-order chi connectivity index (χ0) is 24.9. The lowest BCUT2D eigenvalue weighted by Crippen LogP contribution is -2.51. The maximum Gasteiger partial charge on any atom is 0.162 e. The molecule has 0 bridgehead atoms. The van der Waals surface area contributed by atoms with Crippen LogP contribution in [-0.4, -0.2) is 77.3 Å². The number of rotatable bonds is 9. The van der Waals surface area contributed by atoms with Crippen molar-refractivity contribution in [3.8, 4) is 28.4 Å². The molecule has 0 aliphatic carbocycles. The van der Waals surface area contributed by atoms with E-state index in [9.17, 15) is 10.2 Å². The average Bonchev–Trinajstić information content (AvgIpc) is 3.20. The molecule has 186 valence electrons. The average molecular weight is 481 g/mol. The van der Waals surface area contributed by atoms with Crippen LogP contribution in [0, 0.1) is 13.8 Å². The molecule has 4 N–H and O–H groups in total. The highest BCUT2D eigenvalue weighted by atomic mass is 16.5. The predicted molar refractivity (Wildman–Crippen MR) is 134 cm³/mol. The van der Waals surface area contributed by atoms with Crippen molar-refractivity contribution in [3.05, 3.63) is 54.1 Å². The molecule has 2 atom stereocenters. The van der Waals surface area contributed by atoms with Gasteiger partial charge in [-0.15, -0.1) is 0 Å². The molecular weight excluding hydrogens is 448 g/mol. The fourth-order valence-electron chi connectivity index (χ4n) is 4.10. The fraction of sp³-hybridized carbons (Fsp3) is 0.400. The third-order valence-corrected chi connectivity index (χ3v) is 5.88. The highest BCUT2D eigenvalue weighted by Crippen LogP contribution is 2.31. The second kappa shape index (κ2) is 10.9. The summed E-state index contributed by atoms with van der Waals surface area (Å²) in [5, 5.41) is 30.2. The second-order valence-corrected chi connectivity index (χ2v) is 8.63. The molecule has 1 aliphatic heterocycles. The van der Waals surface area contributed by atoms with Crippen LogP contribution in [0.1, 0.15) is 11.5 Å². The zero-order valence-corrected chi connectivity index (χ0v) is 20.3. The molecule has 0 saturated carbocycles. The van der Waals surface area contributed by atoms with Crippen LogP contribution in [0.3, 0.4) is 0 Å². The topological polar surface area (TPSA) is 129 Å². The molecule has 2 aromatic heterocycles. The zero-order valence-electron chi connectivity index (χ0n) is 20.3. The monoisotopic (exact) mass is 480 g/mol. The first-order valence-corrected chi connectivity index (χ1v) is 11.6. The summed E-state index contributed by atoms with van der Waals surface area (Å²) in [5.41, 5.74) is 3.06. The number of likely N-dealkylation sites (N-methyl/N-ethyl adjacent to an activating group) is 1. The van der Waals surface area contributed by atoms with E-state index in [0.29, 0.717) is 49.2 Å². The number of hydrogen-bond donors (Lipinski definition) is 4. The maximum absolute atomic E-state index is 9.97. The van der Waals surface area contributed by atoms with Gasteiger partial charge in [0.25, 0.3) is 0 Å². The third-order valence-electron chi connectivity index (χ3n) is 5.88. The number of nitrogens with zero attached hydrogens (tertiary/aromatic N) is 4. The lowest BCUT2D eigenvalue weighted by Gasteiger charge is -2.34. The molecule has 1 fully saturated rings. The van der Waals surface area contributed by atoms with Gasteiger partial charge in [-0.05, 0) is 33.0 Å². The van der Waals surface area contributed by atoms with Crippen LogP contribution in [0.25, 0.3) is 22.6 Å². The van der Waals surface area contributed by atoms with Gasteiger partial charge in [-0.2, -0.15) is 0 Å². The number of piperazine rings is 1. The van der Waals surface area contributed by atoms with E-state index in [1.54, 1.807) is 7.05 Å². The van der Waals surface area contributed by atoms with Gasteiger partial charge in [0.1, 0.15) is 35.8 Å². The van der Waals surface area contributed by atoms with E-state index in [1.165, 1.54) is 0 Å². The van der Waals surface area contributed by atoms with Crippen LogP contribution >= 0.6 is 0 Å². The Balaban J connectivity index is 1.71. The Bertz CT molecular complexity index is 1160. The summed E-state index contributed by atoms with van der Waals surface area (Å²) < 4.78 is 11.2. The molecule has 4 rings (SSSR count). The van der Waals surface area contributed by atoms with Crippen LogP contribution in [-0.2, 0) is 0 Å². The van der Waals surface area contributed by atoms with Crippen molar-refractivity contribution in [1.29, 1.82) is 0 Å². The van der Waals surface area contributed by atoms with Crippen molar-refractivity contribution in [1.82, 2.24) is 25.8 Å². The Hall–Kier alpha value is -3.47. The van der Waals surface area contributed by atoms with Gasteiger partial charge in [-0.1, -0.05) is 23.9 Å². The van der Waals surface area contributed by atoms with E-state index in [4.69, 9.17) is 19.2 Å². The van der Waals surface area contributed by atoms with Crippen LogP contribution in [0.2, 0.25) is 0 Å². The first-order chi connectivity index (χ1) is 16.9. The van der Waals surface area contributed by atoms with Gasteiger partial charge in [0.2, 0.25) is 0 Å². The minimum Gasteiger partial charge on any atom is -0.511 e. The molecule has 10 heteroatoms. The van der Waals surface area contributed by atoms with E-state index in [1.807, 2.05) is 44.2 Å². The van der Waals surface area contributed by atoms with Crippen molar-refractivity contribution in [3.63, 3.8) is 0 Å². The van der Waals surface area contributed by atoms with Gasteiger partial charge in [0.15, 0.2) is 5.82 Å². The van der Waals surface area contributed by atoms with Crippen molar-refractivity contribution in [2.45, 2.75) is 26.0 Å². The van der Waals surface area contributed by atoms with Gasteiger partial charge in [0.05, 0.1) is 23.0 Å². The molecule has 3 heterocycles. The number of aliphatic hydroxyl groups excluding tert-OH is 2. The van der Waals surface area contributed by atoms with Gasteiger partial charge in [-0.25, -0.2) is 9.97 Å². The molecule has 3 aromatic rings. The Morgan fingerprint density at radius 3 is 2.89 bits per heavy atom. The maximum atomic E-state index is 9.97. The predicted octanol–water partition coefficient (Wildman–Crippen LogP) is 2.22. The number of aliphatic hydroxyl groups is 2. The highest BCUT2D eigenvalue weighted by Gasteiger charge is 2.25. The molecule has 1 aliphatic rings. The summed E-state index contributed by atoms with van der Waals surface area (Å²) in [6, 6.07) is 9.17. The molecule has 35 heavy (non-hydrogen) atoms. The number of hydrogen-bond acceptors (Lipinski definition) is 10. The molecule has 10 nitrogen and oxygen atoms in total. The summed E-state index contributed by atoms with van der Waals surface area (Å²) in [7, 11) is 1.78. The van der Waals surface area contributed by atoms with E-state index >= 15 is 0 Å². The smallest absolute Gasteiger partial charge is 0.162 e. The van der Waals surface area contributed by atoms with Crippen LogP contribution < -0.4 is 20.3 Å². The summed E-state index contributed by atoms with van der Waals surface area (Å²) >= 11 is 0. The summed E-state index contributed by atoms with van der Waals surface area (Å²) in [6.45, 7) is 9.96. The molecular formula is C25H32N6O4. The lowest BCUT2D eigenvalue weighted by atomic mass is 10.1. The molecule has 0 amide bonds. The molecule has 0 radical (unpaired) electrons. The van der Waals surface area contributed by atoms with E-state index in [0.717, 1.165) is 22.6 Å². The molecule has 2 unspecified atom stereocenters. The first-order valence-electron chi connectivity index (χ1n) is 11.6. The first kappa shape index (κ1) is 24.6. The number of anilines is 1. The lowest BCUT2D eigenvalue weighted by molar-refractivity contribution is 0.108. The highest BCUT2D eigenvalue weighted by molar-refractivity contribution is 5.71. The van der Waals surface area contributed by atoms with Crippen LogP contribution in [0.15, 0.2) is 47.2 Å². The Morgan fingerprint density at radius 2 is 2.17 bits per heavy atom. The van der Waals surface area contributed by atoms with Gasteiger partial charge in [0, 0.05) is 37.8 Å². The summed E-state index contributed by atoms with van der Waals surface area (Å²) in [4.78, 5) is 11.8. The van der Waals surface area contributed by atoms with Crippen molar-refractivity contribution < 1.29 is 19.5 Å². The minimum atomic E-state index is -0.615. The van der Waals surface area contributed by atoms with Gasteiger partial charge >= 0.3 is 0 Å². The largest absolute Gasteiger partial charge is 0.511 e. The third kappa shape index (κ3) is 5.79. The normalized spacial score (nSPS) is 16.8. The van der Waals surface area contributed by atoms with E-state index in [2.05, 4.69) is 27.3 Å². The minimum absolute atomic E-state index is 0.0974. The molecule has 1 saturated heterocycles. The Labute approximate surface area is 204 Å². The number of nitrogens with one attached hydrogen (secondary N) is 2. The van der Waals surface area contributed by atoms with Crippen LogP contribution in [0.4, 0.5) is 5.82 Å². The Kier molecular flexibility index (Phi) is 7.64. The number of aromatic nitrogens is 3. The van der Waals surface area contributed by atoms with Crippen molar-refractivity contribution in [2.75, 3.05) is 44.7 Å². The summed E-state index contributed by atoms with van der Waals surface area (Å²) in [5.74, 6) is 2.64. The van der Waals surface area contributed by atoms with Crippen LogP contribution in [0.5, 0.6) is 5.75 Å². The van der Waals surface area contributed by atoms with Crippen molar-refractivity contribution in [2.24, 2.45) is 0 Å². The quantitative estimate of drug-likeness (QED) is 0.338. The fourth-order valence-corrected chi connectivity index (χ4v) is 4.10. The number of ether oxygens (including phenoxy) is 1. The summed E-state index contributed by atoms with van der Waals surface area (Å²) in [6.07, 6.45) is -0.615. The molecule has 0 spiro atoms. The number of aryl methyl sites for hydroxylation is 2. The number of benzene rings is 1. The Morgan fingerprint density at radius 1 is 1.34 bits per heavy atom. The second-order valence-electron chi connectivity index (χ2n) is 8.63.